The molecule has 4 aromatic rings. The Balaban J connectivity index is 1.28. The number of carbonyl (C=O) groups is 1. The molecule has 6 rings (SSSR count). The Kier molecular flexibility index (Phi) is 8.27. The summed E-state index contributed by atoms with van der Waals surface area (Å²) in [4.78, 5) is 21.4. The van der Waals surface area contributed by atoms with Gasteiger partial charge in [0, 0.05) is 50.2 Å². The molecule has 2 aliphatic heterocycles. The predicted molar refractivity (Wildman–Crippen MR) is 166 cm³/mol. The molecule has 2 aliphatic rings. The second-order valence-corrected chi connectivity index (χ2v) is 13.4. The normalized spacial score (nSPS) is 18.2. The Morgan fingerprint density at radius 1 is 0.955 bits per heavy atom. The van der Waals surface area contributed by atoms with Gasteiger partial charge >= 0.3 is 0 Å². The van der Waals surface area contributed by atoms with Crippen molar-refractivity contribution in [3.05, 3.63) is 78.0 Å². The first-order chi connectivity index (χ1) is 21.1. The van der Waals surface area contributed by atoms with E-state index in [2.05, 4.69) is 44.6 Å². The summed E-state index contributed by atoms with van der Waals surface area (Å²) in [7, 11) is 0.0238. The largest absolute Gasteiger partial charge is 0.381 e. The number of likely N-dealkylation sites (N-methyl/N-ethyl adjacent to an activating group) is 2. The SMILES string of the molecule is CN1CCN(c2cccc(C(=O)Nn3ncc4cc(S(=O)(=O)c5cc(F)cc(F)c5)ccc43)c2NCC2CCCN2C)CC1. The van der Waals surface area contributed by atoms with Crippen LogP contribution in [0.5, 0.6) is 0 Å². The van der Waals surface area contributed by atoms with Crippen LogP contribution in [0.2, 0.25) is 0 Å². The van der Waals surface area contributed by atoms with Gasteiger partial charge in [-0.25, -0.2) is 22.6 Å². The van der Waals surface area contributed by atoms with Gasteiger partial charge in [0.05, 0.1) is 38.4 Å². The van der Waals surface area contributed by atoms with Gasteiger partial charge in [-0.1, -0.05) is 6.07 Å². The molecule has 1 atom stereocenters. The molecule has 2 saturated heterocycles. The molecule has 44 heavy (non-hydrogen) atoms. The third kappa shape index (κ3) is 5.99. The van der Waals surface area contributed by atoms with Crippen LogP contribution in [-0.4, -0.2) is 93.4 Å². The summed E-state index contributed by atoms with van der Waals surface area (Å²) in [5, 5.41) is 8.31. The molecule has 1 unspecified atom stereocenters. The molecule has 3 aromatic carbocycles. The first kappa shape index (κ1) is 30.0. The number of likely N-dealkylation sites (tertiary alicyclic amines) is 1. The Bertz CT molecular complexity index is 1790. The van der Waals surface area contributed by atoms with E-state index in [4.69, 9.17) is 0 Å². The number of piperazine rings is 1. The molecule has 3 heterocycles. The number of para-hydroxylation sites is 1. The zero-order valence-electron chi connectivity index (χ0n) is 24.6. The lowest BCUT2D eigenvalue weighted by Gasteiger charge is -2.36. The summed E-state index contributed by atoms with van der Waals surface area (Å²) in [6.45, 7) is 5.29. The van der Waals surface area contributed by atoms with Crippen LogP contribution >= 0.6 is 0 Å². The summed E-state index contributed by atoms with van der Waals surface area (Å²) in [5.41, 5.74) is 5.51. The number of fused-ring (bicyclic) bond motifs is 1. The number of hydrogen-bond donors (Lipinski definition) is 2. The van der Waals surface area contributed by atoms with Gasteiger partial charge in [0.2, 0.25) is 9.84 Å². The number of benzene rings is 3. The maximum Gasteiger partial charge on any atom is 0.273 e. The Hall–Kier alpha value is -4.07. The zero-order valence-corrected chi connectivity index (χ0v) is 25.4. The first-order valence-corrected chi connectivity index (χ1v) is 16.1. The van der Waals surface area contributed by atoms with Crippen LogP contribution in [0.15, 0.2) is 70.6 Å². The molecule has 0 bridgehead atoms. The summed E-state index contributed by atoms with van der Waals surface area (Å²) in [6.07, 6.45) is 3.66. The van der Waals surface area contributed by atoms with Gasteiger partial charge in [0.1, 0.15) is 11.6 Å². The highest BCUT2D eigenvalue weighted by atomic mass is 32.2. The van der Waals surface area contributed by atoms with Gasteiger partial charge in [0.15, 0.2) is 0 Å². The minimum Gasteiger partial charge on any atom is -0.381 e. The molecule has 2 N–H and O–H groups in total. The highest BCUT2D eigenvalue weighted by molar-refractivity contribution is 7.91. The van der Waals surface area contributed by atoms with Crippen molar-refractivity contribution in [1.29, 1.82) is 0 Å². The number of anilines is 2. The Morgan fingerprint density at radius 2 is 1.70 bits per heavy atom. The second-order valence-electron chi connectivity index (χ2n) is 11.5. The average molecular weight is 624 g/mol. The highest BCUT2D eigenvalue weighted by Crippen LogP contribution is 2.32. The standard InChI is InChI=1S/C31H35F2N7O3S/c1-37-11-13-39(14-12-37)29-7-3-6-27(30(29)34-20-24-5-4-10-38(24)2)31(41)36-40-28-9-8-25(15-21(28)19-35-40)44(42,43)26-17-22(32)16-23(33)18-26/h3,6-9,15-19,24,34H,4-5,10-14,20H2,1-2H3,(H,36,41). The average Bonchev–Trinajstić information content (AvgIpc) is 3.60. The fourth-order valence-corrected chi connectivity index (χ4v) is 7.26. The van der Waals surface area contributed by atoms with E-state index in [-0.39, 0.29) is 10.8 Å². The summed E-state index contributed by atoms with van der Waals surface area (Å²) >= 11 is 0. The van der Waals surface area contributed by atoms with E-state index in [0.29, 0.717) is 35.1 Å². The third-order valence-corrected chi connectivity index (χ3v) is 10.3. The van der Waals surface area contributed by atoms with Crippen molar-refractivity contribution >= 4 is 38.0 Å². The van der Waals surface area contributed by atoms with Crippen molar-refractivity contribution in [3.8, 4) is 0 Å². The number of halogens is 2. The molecule has 10 nitrogen and oxygen atoms in total. The van der Waals surface area contributed by atoms with Crippen molar-refractivity contribution in [2.24, 2.45) is 0 Å². The number of nitrogens with zero attached hydrogens (tertiary/aromatic N) is 5. The van der Waals surface area contributed by atoms with Crippen LogP contribution < -0.4 is 15.6 Å². The summed E-state index contributed by atoms with van der Waals surface area (Å²) < 4.78 is 53.7. The van der Waals surface area contributed by atoms with Gasteiger partial charge in [-0.15, -0.1) is 0 Å². The van der Waals surface area contributed by atoms with E-state index < -0.39 is 26.4 Å². The molecule has 1 amide bonds. The van der Waals surface area contributed by atoms with Crippen molar-refractivity contribution in [3.63, 3.8) is 0 Å². The number of aromatic nitrogens is 2. The first-order valence-electron chi connectivity index (χ1n) is 14.6. The number of hydrogen-bond acceptors (Lipinski definition) is 8. The number of amides is 1. The van der Waals surface area contributed by atoms with Gasteiger partial charge < -0.3 is 20.0 Å². The number of rotatable bonds is 8. The molecule has 1 aromatic heterocycles. The van der Waals surface area contributed by atoms with Crippen LogP contribution in [0.3, 0.4) is 0 Å². The summed E-state index contributed by atoms with van der Waals surface area (Å²) in [6, 6.07) is 12.4. The van der Waals surface area contributed by atoms with Crippen LogP contribution in [0.25, 0.3) is 10.9 Å². The Labute approximate surface area is 255 Å². The van der Waals surface area contributed by atoms with Gasteiger partial charge in [0.25, 0.3) is 5.91 Å². The zero-order chi connectivity index (χ0) is 31.0. The molecule has 13 heteroatoms. The van der Waals surface area contributed by atoms with Crippen LogP contribution in [0.4, 0.5) is 20.2 Å². The van der Waals surface area contributed by atoms with E-state index in [1.165, 1.54) is 29.2 Å². The quantitative estimate of drug-likeness (QED) is 0.306. The number of carbonyl (C=O) groups excluding carboxylic acids is 1. The van der Waals surface area contributed by atoms with Crippen molar-refractivity contribution in [2.75, 3.05) is 69.0 Å². The van der Waals surface area contributed by atoms with E-state index in [0.717, 1.165) is 69.1 Å². The molecular formula is C31H35F2N7O3S. The predicted octanol–water partition coefficient (Wildman–Crippen LogP) is 3.79. The fourth-order valence-electron chi connectivity index (χ4n) is 5.93. The molecular weight excluding hydrogens is 588 g/mol. The van der Waals surface area contributed by atoms with E-state index in [1.807, 2.05) is 12.1 Å². The second kappa shape index (κ2) is 12.1. The third-order valence-electron chi connectivity index (χ3n) is 8.52. The van der Waals surface area contributed by atoms with Crippen molar-refractivity contribution in [1.82, 2.24) is 19.7 Å². The van der Waals surface area contributed by atoms with Crippen molar-refractivity contribution in [2.45, 2.75) is 28.7 Å². The smallest absolute Gasteiger partial charge is 0.273 e. The van der Waals surface area contributed by atoms with E-state index >= 15 is 0 Å². The monoisotopic (exact) mass is 623 g/mol. The maximum absolute atomic E-state index is 13.8. The lowest BCUT2D eigenvalue weighted by Crippen LogP contribution is -2.45. The molecule has 0 spiro atoms. The topological polar surface area (TPSA) is 103 Å². The van der Waals surface area contributed by atoms with E-state index in [1.54, 1.807) is 6.07 Å². The highest BCUT2D eigenvalue weighted by Gasteiger charge is 2.26. The minimum atomic E-state index is -4.20. The molecule has 232 valence electrons. The van der Waals surface area contributed by atoms with Gasteiger partial charge in [-0.3, -0.25) is 4.79 Å². The number of sulfone groups is 1. The molecule has 0 aliphatic carbocycles. The Morgan fingerprint density at radius 3 is 2.41 bits per heavy atom. The van der Waals surface area contributed by atoms with Crippen molar-refractivity contribution < 1.29 is 22.0 Å². The van der Waals surface area contributed by atoms with Gasteiger partial charge in [-0.2, -0.15) is 9.89 Å². The van der Waals surface area contributed by atoms with Gasteiger partial charge in [-0.05, 0) is 75.9 Å². The minimum absolute atomic E-state index is 0.149. The van der Waals surface area contributed by atoms with Crippen LogP contribution in [0, 0.1) is 11.6 Å². The van der Waals surface area contributed by atoms with E-state index in [9.17, 15) is 22.0 Å². The number of nitrogens with one attached hydrogen (secondary N) is 2. The maximum atomic E-state index is 13.8. The van der Waals surface area contributed by atoms with Crippen LogP contribution in [-0.2, 0) is 9.84 Å². The molecule has 2 fully saturated rings. The molecule has 0 radical (unpaired) electrons. The summed E-state index contributed by atoms with van der Waals surface area (Å²) in [5.74, 6) is -2.35. The molecule has 0 saturated carbocycles. The lowest BCUT2D eigenvalue weighted by molar-refractivity contribution is 0.101. The lowest BCUT2D eigenvalue weighted by atomic mass is 10.1. The fraction of sp³-hybridized carbons (Fsp3) is 0.355. The van der Waals surface area contributed by atoms with Crippen LogP contribution in [0.1, 0.15) is 23.2 Å².